The maximum Gasteiger partial charge on any atom is 0.126 e. The summed E-state index contributed by atoms with van der Waals surface area (Å²) in [7, 11) is 0. The number of benzene rings is 1. The molecular weight excluding hydrogens is 244 g/mol. The summed E-state index contributed by atoms with van der Waals surface area (Å²) in [5, 5.41) is 3.33. The molecule has 0 radical (unpaired) electrons. The van der Waals surface area contributed by atoms with E-state index in [0.29, 0.717) is 5.56 Å². The van der Waals surface area contributed by atoms with Crippen LogP contribution >= 0.6 is 0 Å². The van der Waals surface area contributed by atoms with Crippen LogP contribution < -0.4 is 5.32 Å². The quantitative estimate of drug-likeness (QED) is 0.773. The molecule has 1 unspecified atom stereocenters. The second-order valence-electron chi connectivity index (χ2n) is 5.13. The molecule has 0 bridgehead atoms. The van der Waals surface area contributed by atoms with Crippen molar-refractivity contribution in [3.63, 3.8) is 0 Å². The van der Waals surface area contributed by atoms with Gasteiger partial charge in [-0.05, 0) is 56.3 Å². The van der Waals surface area contributed by atoms with Crippen LogP contribution in [-0.4, -0.2) is 6.54 Å². The summed E-state index contributed by atoms with van der Waals surface area (Å²) in [6.07, 6.45) is 7.85. The first kappa shape index (κ1) is 14.2. The Hall–Kier alpha value is -1.22. The predicted molar refractivity (Wildman–Crippen MR) is 73.9 cm³/mol. The molecule has 0 aliphatic heterocycles. The number of hydrogen-bond donors (Lipinski definition) is 1. The molecule has 19 heavy (non-hydrogen) atoms. The fraction of sp³-hybridized carbons (Fsp3) is 0.500. The van der Waals surface area contributed by atoms with E-state index in [0.717, 1.165) is 31.9 Å². The molecule has 1 N–H and O–H groups in total. The van der Waals surface area contributed by atoms with Crippen molar-refractivity contribution in [3.8, 4) is 0 Å². The van der Waals surface area contributed by atoms with Gasteiger partial charge in [0.2, 0.25) is 0 Å². The predicted octanol–water partition coefficient (Wildman–Crippen LogP) is 4.51. The lowest BCUT2D eigenvalue weighted by Gasteiger charge is -2.22. The molecule has 104 valence electrons. The molecule has 0 spiro atoms. The van der Waals surface area contributed by atoms with Gasteiger partial charge in [0.15, 0.2) is 0 Å². The topological polar surface area (TPSA) is 12.0 Å². The van der Waals surface area contributed by atoms with E-state index < -0.39 is 11.6 Å². The minimum absolute atomic E-state index is 0.000417. The maximum absolute atomic E-state index is 13.3. The monoisotopic (exact) mass is 265 g/mol. The third-order valence-corrected chi connectivity index (χ3v) is 3.59. The van der Waals surface area contributed by atoms with E-state index in [9.17, 15) is 8.78 Å². The van der Waals surface area contributed by atoms with Crippen molar-refractivity contribution in [2.45, 2.75) is 45.1 Å². The Kier molecular flexibility index (Phi) is 5.08. The van der Waals surface area contributed by atoms with Gasteiger partial charge in [-0.15, -0.1) is 0 Å². The summed E-state index contributed by atoms with van der Waals surface area (Å²) >= 11 is 0. The van der Waals surface area contributed by atoms with Gasteiger partial charge in [-0.2, -0.15) is 0 Å². The zero-order valence-electron chi connectivity index (χ0n) is 11.4. The first-order chi connectivity index (χ1) is 9.19. The van der Waals surface area contributed by atoms with Gasteiger partial charge in [0.05, 0.1) is 0 Å². The third-order valence-electron chi connectivity index (χ3n) is 3.59. The van der Waals surface area contributed by atoms with Crippen LogP contribution in [0.15, 0.2) is 29.8 Å². The van der Waals surface area contributed by atoms with Crippen LogP contribution in [0.5, 0.6) is 0 Å². The first-order valence-corrected chi connectivity index (χ1v) is 7.06. The molecule has 2 rings (SSSR count). The minimum Gasteiger partial charge on any atom is -0.310 e. The lowest BCUT2D eigenvalue weighted by Crippen LogP contribution is -2.22. The highest BCUT2D eigenvalue weighted by Gasteiger charge is 2.15. The van der Waals surface area contributed by atoms with Gasteiger partial charge >= 0.3 is 0 Å². The smallest absolute Gasteiger partial charge is 0.126 e. The molecule has 1 aromatic carbocycles. The van der Waals surface area contributed by atoms with E-state index in [4.69, 9.17) is 0 Å². The van der Waals surface area contributed by atoms with Crippen molar-refractivity contribution in [3.05, 3.63) is 47.0 Å². The lowest BCUT2D eigenvalue weighted by molar-refractivity contribution is 0.514. The van der Waals surface area contributed by atoms with Gasteiger partial charge in [-0.3, -0.25) is 0 Å². The lowest BCUT2D eigenvalue weighted by atomic mass is 9.91. The number of halogens is 2. The van der Waals surface area contributed by atoms with Crippen LogP contribution in [0, 0.1) is 11.6 Å². The summed E-state index contributed by atoms with van der Waals surface area (Å²) in [6.45, 7) is 2.80. The van der Waals surface area contributed by atoms with Gasteiger partial charge in [-0.1, -0.05) is 18.6 Å². The van der Waals surface area contributed by atoms with Crippen molar-refractivity contribution in [2.75, 3.05) is 6.54 Å². The highest BCUT2D eigenvalue weighted by atomic mass is 19.1. The van der Waals surface area contributed by atoms with E-state index in [1.54, 1.807) is 0 Å². The Morgan fingerprint density at radius 3 is 2.47 bits per heavy atom. The van der Waals surface area contributed by atoms with E-state index in [1.165, 1.54) is 30.5 Å². The van der Waals surface area contributed by atoms with Gasteiger partial charge in [0.1, 0.15) is 11.6 Å². The Bertz CT molecular complexity index is 434. The zero-order valence-corrected chi connectivity index (χ0v) is 11.4. The van der Waals surface area contributed by atoms with E-state index in [-0.39, 0.29) is 6.04 Å². The normalized spacial score (nSPS) is 17.1. The highest BCUT2D eigenvalue weighted by molar-refractivity contribution is 5.23. The van der Waals surface area contributed by atoms with E-state index in [2.05, 4.69) is 11.4 Å². The van der Waals surface area contributed by atoms with Crippen LogP contribution in [0.25, 0.3) is 0 Å². The Balaban J connectivity index is 2.16. The Morgan fingerprint density at radius 2 is 1.89 bits per heavy atom. The van der Waals surface area contributed by atoms with Gasteiger partial charge in [-0.25, -0.2) is 8.78 Å². The molecule has 1 aliphatic carbocycles. The Labute approximate surface area is 113 Å². The molecule has 0 saturated carbocycles. The van der Waals surface area contributed by atoms with Crippen LogP contribution in [-0.2, 0) is 0 Å². The third kappa shape index (κ3) is 4.13. The molecule has 0 amide bonds. The summed E-state index contributed by atoms with van der Waals surface area (Å²) < 4.78 is 26.6. The summed E-state index contributed by atoms with van der Waals surface area (Å²) in [5.41, 5.74) is 2.10. The second-order valence-corrected chi connectivity index (χ2v) is 5.13. The van der Waals surface area contributed by atoms with Crippen molar-refractivity contribution < 1.29 is 8.78 Å². The molecule has 0 fully saturated rings. The molecular formula is C16H21F2N. The molecule has 0 saturated heterocycles. The number of hydrogen-bond acceptors (Lipinski definition) is 1. The van der Waals surface area contributed by atoms with Crippen molar-refractivity contribution >= 4 is 0 Å². The molecule has 0 heterocycles. The number of allylic oxidation sites excluding steroid dienone is 1. The largest absolute Gasteiger partial charge is 0.310 e. The molecule has 1 atom stereocenters. The SMILES string of the molecule is CCNC(CC1=CCCCC1)c1cc(F)cc(F)c1. The standard InChI is InChI=1S/C16H21F2N/c1-2-19-16(8-12-6-4-3-5-7-12)13-9-14(17)11-15(18)10-13/h6,9-11,16,19H,2-5,7-8H2,1H3. The summed E-state index contributed by atoms with van der Waals surface area (Å²) in [4.78, 5) is 0. The van der Waals surface area contributed by atoms with E-state index in [1.807, 2.05) is 6.92 Å². The van der Waals surface area contributed by atoms with E-state index >= 15 is 0 Å². The fourth-order valence-corrected chi connectivity index (χ4v) is 2.68. The zero-order chi connectivity index (χ0) is 13.7. The minimum atomic E-state index is -0.504. The van der Waals surface area contributed by atoms with Crippen molar-refractivity contribution in [2.24, 2.45) is 0 Å². The average Bonchev–Trinajstić information content (AvgIpc) is 2.38. The molecule has 3 heteroatoms. The maximum atomic E-state index is 13.3. The van der Waals surface area contributed by atoms with Crippen molar-refractivity contribution in [1.82, 2.24) is 5.32 Å². The molecule has 1 aromatic rings. The molecule has 1 nitrogen and oxygen atoms in total. The van der Waals surface area contributed by atoms with Gasteiger partial charge < -0.3 is 5.32 Å². The number of rotatable bonds is 5. The molecule has 1 aliphatic rings. The van der Waals surface area contributed by atoms with Crippen LogP contribution in [0.3, 0.4) is 0 Å². The van der Waals surface area contributed by atoms with Crippen LogP contribution in [0.1, 0.15) is 50.6 Å². The van der Waals surface area contributed by atoms with Gasteiger partial charge in [0.25, 0.3) is 0 Å². The molecule has 0 aromatic heterocycles. The fourth-order valence-electron chi connectivity index (χ4n) is 2.68. The number of nitrogens with one attached hydrogen (secondary N) is 1. The van der Waals surface area contributed by atoms with Gasteiger partial charge in [0, 0.05) is 12.1 Å². The summed E-state index contributed by atoms with van der Waals surface area (Å²) in [6, 6.07) is 3.78. The highest BCUT2D eigenvalue weighted by Crippen LogP contribution is 2.28. The second kappa shape index (κ2) is 6.80. The first-order valence-electron chi connectivity index (χ1n) is 7.06. The average molecular weight is 265 g/mol. The van der Waals surface area contributed by atoms with Crippen LogP contribution in [0.2, 0.25) is 0 Å². The Morgan fingerprint density at radius 1 is 1.16 bits per heavy atom. The van der Waals surface area contributed by atoms with Crippen LogP contribution in [0.4, 0.5) is 8.78 Å². The summed E-state index contributed by atoms with van der Waals surface area (Å²) in [5.74, 6) is -1.01. The van der Waals surface area contributed by atoms with Crippen molar-refractivity contribution in [1.29, 1.82) is 0 Å².